The van der Waals surface area contributed by atoms with E-state index in [-0.39, 0.29) is 5.82 Å². The van der Waals surface area contributed by atoms with Gasteiger partial charge in [-0.15, -0.1) is 10.2 Å². The summed E-state index contributed by atoms with van der Waals surface area (Å²) in [6.07, 6.45) is 2.26. The van der Waals surface area contributed by atoms with Crippen LogP contribution in [0.2, 0.25) is 5.02 Å². The maximum Gasteiger partial charge on any atom is 0.148 e. The molecule has 3 aromatic rings. The topological polar surface area (TPSA) is 50.3 Å². The number of anilines is 1. The fourth-order valence-corrected chi connectivity index (χ4v) is 5.39. The Kier molecular flexibility index (Phi) is 5.98. The summed E-state index contributed by atoms with van der Waals surface area (Å²) in [5, 5.41) is 12.6. The molecule has 1 aromatic heterocycles. The third kappa shape index (κ3) is 4.43. The van der Waals surface area contributed by atoms with Crippen molar-refractivity contribution in [1.29, 1.82) is 0 Å². The van der Waals surface area contributed by atoms with E-state index >= 15 is 0 Å². The summed E-state index contributed by atoms with van der Waals surface area (Å²) in [6, 6.07) is 16.6. The highest BCUT2D eigenvalue weighted by molar-refractivity contribution is 6.33. The lowest BCUT2D eigenvalue weighted by molar-refractivity contribution is 0.294. The largest absolute Gasteiger partial charge is 0.496 e. The number of aromatic nitrogens is 2. The maximum absolute atomic E-state index is 13.6. The van der Waals surface area contributed by atoms with Crippen LogP contribution < -0.4 is 10.1 Å². The molecule has 166 valence electrons. The fourth-order valence-electron chi connectivity index (χ4n) is 5.17. The zero-order valence-electron chi connectivity index (χ0n) is 18.0. The molecule has 0 amide bonds. The van der Waals surface area contributed by atoms with E-state index < -0.39 is 0 Å². The zero-order valence-corrected chi connectivity index (χ0v) is 18.7. The van der Waals surface area contributed by atoms with Crippen LogP contribution in [0.25, 0.3) is 11.3 Å². The molecule has 1 N–H and O–H groups in total. The number of methoxy groups -OCH3 is 1. The van der Waals surface area contributed by atoms with Gasteiger partial charge in [-0.2, -0.15) is 0 Å². The highest BCUT2D eigenvalue weighted by Gasteiger charge is 2.41. The molecule has 0 spiro atoms. The Bertz CT molecular complexity index is 1080. The average molecular weight is 453 g/mol. The Hall–Kier alpha value is -2.70. The summed E-state index contributed by atoms with van der Waals surface area (Å²) in [6.45, 7) is 3.16. The van der Waals surface area contributed by atoms with Crippen LogP contribution in [0.1, 0.15) is 18.4 Å². The van der Waals surface area contributed by atoms with Crippen molar-refractivity contribution in [3.05, 3.63) is 71.0 Å². The first kappa shape index (κ1) is 21.2. The number of hydrogen-bond donors (Lipinski definition) is 1. The predicted molar refractivity (Wildman–Crippen MR) is 124 cm³/mol. The molecule has 7 heteroatoms. The van der Waals surface area contributed by atoms with Crippen LogP contribution in [0.4, 0.5) is 10.2 Å². The minimum atomic E-state index is -0.342. The second-order valence-electron chi connectivity index (χ2n) is 8.77. The third-order valence-electron chi connectivity index (χ3n) is 6.63. The van der Waals surface area contributed by atoms with E-state index in [4.69, 9.17) is 16.3 Å². The predicted octanol–water partition coefficient (Wildman–Crippen LogP) is 5.27. The molecule has 2 heterocycles. The number of fused-ring (bicyclic) bond motifs is 1. The van der Waals surface area contributed by atoms with Crippen LogP contribution >= 0.6 is 11.6 Å². The van der Waals surface area contributed by atoms with Crippen molar-refractivity contribution < 1.29 is 9.13 Å². The Labute approximate surface area is 192 Å². The van der Waals surface area contributed by atoms with Crippen LogP contribution in [-0.2, 0) is 6.54 Å². The second-order valence-corrected chi connectivity index (χ2v) is 9.17. The molecule has 32 heavy (non-hydrogen) atoms. The lowest BCUT2D eigenvalue weighted by atomic mass is 10.0. The Morgan fingerprint density at radius 1 is 1.06 bits per heavy atom. The lowest BCUT2D eigenvalue weighted by Gasteiger charge is -2.20. The highest BCUT2D eigenvalue weighted by Crippen LogP contribution is 2.40. The Morgan fingerprint density at radius 2 is 1.84 bits per heavy atom. The lowest BCUT2D eigenvalue weighted by Crippen LogP contribution is -2.25. The van der Waals surface area contributed by atoms with Gasteiger partial charge in [0.2, 0.25) is 0 Å². The van der Waals surface area contributed by atoms with Crippen LogP contribution in [-0.4, -0.2) is 41.3 Å². The van der Waals surface area contributed by atoms with E-state index in [1.165, 1.54) is 23.8 Å². The van der Waals surface area contributed by atoms with E-state index in [9.17, 15) is 4.39 Å². The average Bonchev–Trinajstić information content (AvgIpc) is 3.34. The second kappa shape index (κ2) is 9.04. The first-order valence-corrected chi connectivity index (χ1v) is 11.4. The van der Waals surface area contributed by atoms with Gasteiger partial charge in [0.1, 0.15) is 17.4 Å². The van der Waals surface area contributed by atoms with E-state index in [2.05, 4.69) is 32.5 Å². The summed E-state index contributed by atoms with van der Waals surface area (Å²) in [5.74, 6) is 2.76. The molecule has 5 nitrogen and oxygen atoms in total. The Morgan fingerprint density at radius 3 is 2.56 bits per heavy atom. The molecule has 1 saturated heterocycles. The summed E-state index contributed by atoms with van der Waals surface area (Å²) in [4.78, 5) is 2.54. The number of nitrogens with zero attached hydrogens (tertiary/aromatic N) is 3. The molecule has 0 bridgehead atoms. The molecule has 2 aromatic carbocycles. The van der Waals surface area contributed by atoms with Crippen molar-refractivity contribution in [1.82, 2.24) is 15.1 Å². The van der Waals surface area contributed by atoms with Crippen molar-refractivity contribution in [2.75, 3.05) is 25.5 Å². The monoisotopic (exact) mass is 452 g/mol. The molecule has 2 fully saturated rings. The first-order chi connectivity index (χ1) is 15.6. The molecule has 5 rings (SSSR count). The van der Waals surface area contributed by atoms with Crippen molar-refractivity contribution in [2.45, 2.75) is 25.4 Å². The van der Waals surface area contributed by atoms with Crippen LogP contribution in [0.3, 0.4) is 0 Å². The maximum atomic E-state index is 13.6. The van der Waals surface area contributed by atoms with Crippen molar-refractivity contribution in [2.24, 2.45) is 11.8 Å². The van der Waals surface area contributed by atoms with Gasteiger partial charge in [-0.25, -0.2) is 4.39 Å². The van der Waals surface area contributed by atoms with Gasteiger partial charge in [0.05, 0.1) is 17.8 Å². The number of halogens is 2. The van der Waals surface area contributed by atoms with Gasteiger partial charge in [-0.05, 0) is 61.1 Å². The van der Waals surface area contributed by atoms with Gasteiger partial charge in [0.15, 0.2) is 0 Å². The zero-order chi connectivity index (χ0) is 22.1. The number of benzene rings is 2. The van der Waals surface area contributed by atoms with Gasteiger partial charge in [0, 0.05) is 36.8 Å². The minimum Gasteiger partial charge on any atom is -0.496 e. The SMILES string of the molecule is COc1ccccc1CN1C[C@H]2C[C@@H](Nc3ccc(-c4cc(F)ccc4Cl)nn3)C[C@H]2C1. The quantitative estimate of drug-likeness (QED) is 0.552. The highest BCUT2D eigenvalue weighted by atomic mass is 35.5. The molecule has 2 aliphatic rings. The fraction of sp³-hybridized carbons (Fsp3) is 0.360. The molecule has 1 aliphatic carbocycles. The number of hydrogen-bond acceptors (Lipinski definition) is 5. The molecule has 1 aliphatic heterocycles. The molecule has 1 saturated carbocycles. The van der Waals surface area contributed by atoms with Crippen molar-refractivity contribution in [3.8, 4) is 17.0 Å². The third-order valence-corrected chi connectivity index (χ3v) is 6.96. The minimum absolute atomic E-state index is 0.342. The summed E-state index contributed by atoms with van der Waals surface area (Å²) in [7, 11) is 1.73. The van der Waals surface area contributed by atoms with Gasteiger partial charge >= 0.3 is 0 Å². The van der Waals surface area contributed by atoms with Gasteiger partial charge in [0.25, 0.3) is 0 Å². The van der Waals surface area contributed by atoms with E-state index in [1.54, 1.807) is 7.11 Å². The molecular weight excluding hydrogens is 427 g/mol. The normalized spacial score (nSPS) is 22.7. The summed E-state index contributed by atoms with van der Waals surface area (Å²) < 4.78 is 19.1. The number of para-hydroxylation sites is 1. The van der Waals surface area contributed by atoms with E-state index in [0.29, 0.717) is 34.2 Å². The molecule has 3 atom stereocenters. The molecular formula is C25H26ClFN4O. The van der Waals surface area contributed by atoms with E-state index in [0.717, 1.165) is 44.0 Å². The van der Waals surface area contributed by atoms with E-state index in [1.807, 2.05) is 24.3 Å². The number of likely N-dealkylation sites (tertiary alicyclic amines) is 1. The number of ether oxygens (including phenoxy) is 1. The van der Waals surface area contributed by atoms with Crippen LogP contribution in [0.5, 0.6) is 5.75 Å². The van der Waals surface area contributed by atoms with Gasteiger partial charge < -0.3 is 10.1 Å². The Balaban J connectivity index is 1.17. The van der Waals surface area contributed by atoms with Crippen molar-refractivity contribution in [3.63, 3.8) is 0 Å². The molecule has 0 radical (unpaired) electrons. The van der Waals surface area contributed by atoms with Crippen molar-refractivity contribution >= 4 is 17.4 Å². The molecule has 0 unspecified atom stereocenters. The number of rotatable bonds is 6. The van der Waals surface area contributed by atoms with Crippen LogP contribution in [0, 0.1) is 17.7 Å². The first-order valence-electron chi connectivity index (χ1n) is 11.0. The standard InChI is InChI=1S/C25H26ClFN4O/c1-32-24-5-3-2-4-16(24)13-31-14-17-10-20(11-18(17)15-31)28-25-9-8-23(29-30-25)21-12-19(27)6-7-22(21)26/h2-9,12,17-18,20H,10-11,13-15H2,1H3,(H,28,30)/t17-,18+,20-. The van der Waals surface area contributed by atoms with Gasteiger partial charge in [-0.1, -0.05) is 29.8 Å². The summed E-state index contributed by atoms with van der Waals surface area (Å²) in [5.41, 5.74) is 2.37. The smallest absolute Gasteiger partial charge is 0.148 e. The van der Waals surface area contributed by atoms with Crippen LogP contribution in [0.15, 0.2) is 54.6 Å². The van der Waals surface area contributed by atoms with Gasteiger partial charge in [-0.3, -0.25) is 4.90 Å². The summed E-state index contributed by atoms with van der Waals surface area (Å²) >= 11 is 6.18. The number of nitrogens with one attached hydrogen (secondary N) is 1.